The largest absolute Gasteiger partial charge is 0.368 e. The number of hydrogen-bond acceptors (Lipinski definition) is 4. The molecule has 0 aliphatic rings. The minimum absolute atomic E-state index is 0. The number of H-pyrrole nitrogens is 2. The van der Waals surface area contributed by atoms with Gasteiger partial charge in [0.15, 0.2) is 0 Å². The van der Waals surface area contributed by atoms with Gasteiger partial charge < -0.3 is 10.6 Å². The number of aromatic amines is 2. The molecule has 0 unspecified atom stereocenters. The maximum atomic E-state index is 5.97. The topological polar surface area (TPSA) is 81.4 Å². The standard InChI is InChI=1S/C20H18Cl2N6.2ClH/c21-15-5-1-13(2-6-15)17-11-25-27-19(17)23-9-10-24-20-18(12-26-28-20)14-3-7-16(22)8-4-14;;/h1-8,11-12H,9-10H2,(H2,23,25,27)(H2,24,26,28);2*1H. The lowest BCUT2D eigenvalue weighted by Gasteiger charge is -2.10. The van der Waals surface area contributed by atoms with Gasteiger partial charge in [0.05, 0.1) is 12.4 Å². The molecule has 0 amide bonds. The van der Waals surface area contributed by atoms with E-state index in [9.17, 15) is 0 Å². The first kappa shape index (κ1) is 23.9. The van der Waals surface area contributed by atoms with E-state index in [1.54, 1.807) is 12.4 Å². The molecule has 158 valence electrons. The van der Waals surface area contributed by atoms with E-state index in [0.717, 1.165) is 33.9 Å². The number of hydrogen-bond donors (Lipinski definition) is 4. The summed E-state index contributed by atoms with van der Waals surface area (Å²) in [5.74, 6) is 1.73. The van der Waals surface area contributed by atoms with Crippen molar-refractivity contribution in [2.75, 3.05) is 23.7 Å². The van der Waals surface area contributed by atoms with Crippen molar-refractivity contribution in [2.45, 2.75) is 0 Å². The molecule has 0 saturated carbocycles. The smallest absolute Gasteiger partial charge is 0.129 e. The number of halogens is 4. The molecular formula is C20H20Cl4N6. The Kier molecular flexibility index (Phi) is 8.87. The van der Waals surface area contributed by atoms with Crippen LogP contribution < -0.4 is 10.6 Å². The molecule has 0 aliphatic heterocycles. The van der Waals surface area contributed by atoms with Crippen LogP contribution in [-0.2, 0) is 0 Å². The van der Waals surface area contributed by atoms with E-state index >= 15 is 0 Å². The lowest BCUT2D eigenvalue weighted by Crippen LogP contribution is -2.14. The van der Waals surface area contributed by atoms with Crippen LogP contribution in [0.1, 0.15) is 0 Å². The predicted molar refractivity (Wildman–Crippen MR) is 130 cm³/mol. The molecule has 0 saturated heterocycles. The van der Waals surface area contributed by atoms with E-state index in [1.807, 2.05) is 48.5 Å². The summed E-state index contributed by atoms with van der Waals surface area (Å²) < 4.78 is 0. The molecule has 4 N–H and O–H groups in total. The quantitative estimate of drug-likeness (QED) is 0.237. The summed E-state index contributed by atoms with van der Waals surface area (Å²) in [7, 11) is 0. The third-order valence-electron chi connectivity index (χ3n) is 4.32. The molecule has 0 atom stereocenters. The van der Waals surface area contributed by atoms with Crippen molar-refractivity contribution in [3.8, 4) is 22.3 Å². The first-order valence-electron chi connectivity index (χ1n) is 8.77. The molecule has 0 spiro atoms. The van der Waals surface area contributed by atoms with Gasteiger partial charge in [-0.15, -0.1) is 24.8 Å². The van der Waals surface area contributed by atoms with Gasteiger partial charge >= 0.3 is 0 Å². The lowest BCUT2D eigenvalue weighted by molar-refractivity contribution is 1.01. The number of rotatable bonds is 7. The zero-order chi connectivity index (χ0) is 19.3. The highest BCUT2D eigenvalue weighted by Crippen LogP contribution is 2.28. The summed E-state index contributed by atoms with van der Waals surface area (Å²) in [4.78, 5) is 0. The first-order chi connectivity index (χ1) is 13.7. The highest BCUT2D eigenvalue weighted by atomic mass is 35.5. The van der Waals surface area contributed by atoms with Crippen molar-refractivity contribution in [3.63, 3.8) is 0 Å². The van der Waals surface area contributed by atoms with Crippen LogP contribution in [0.3, 0.4) is 0 Å². The van der Waals surface area contributed by atoms with Gasteiger partial charge in [-0.3, -0.25) is 10.2 Å². The minimum Gasteiger partial charge on any atom is -0.368 e. The zero-order valence-corrected chi connectivity index (χ0v) is 18.8. The molecular weight excluding hydrogens is 466 g/mol. The highest BCUT2D eigenvalue weighted by Gasteiger charge is 2.09. The Balaban J connectivity index is 0.00000160. The van der Waals surface area contributed by atoms with E-state index in [2.05, 4.69) is 31.0 Å². The van der Waals surface area contributed by atoms with Crippen LogP contribution in [0.25, 0.3) is 22.3 Å². The Bertz CT molecular complexity index is 958. The summed E-state index contributed by atoms with van der Waals surface area (Å²) in [6, 6.07) is 15.4. The van der Waals surface area contributed by atoms with E-state index in [1.165, 1.54) is 0 Å². The molecule has 10 heteroatoms. The third kappa shape index (κ3) is 5.61. The Morgan fingerprint density at radius 2 is 1.00 bits per heavy atom. The Morgan fingerprint density at radius 1 is 0.633 bits per heavy atom. The second-order valence-electron chi connectivity index (χ2n) is 6.18. The Labute approximate surface area is 196 Å². The van der Waals surface area contributed by atoms with Crippen molar-refractivity contribution in [2.24, 2.45) is 0 Å². The second kappa shape index (κ2) is 11.1. The predicted octanol–water partition coefficient (Wildman–Crippen LogP) is 6.14. The summed E-state index contributed by atoms with van der Waals surface area (Å²) >= 11 is 11.9. The maximum absolute atomic E-state index is 5.97. The van der Waals surface area contributed by atoms with Crippen LogP contribution in [-0.4, -0.2) is 33.5 Å². The average Bonchev–Trinajstić information content (AvgIpc) is 3.36. The van der Waals surface area contributed by atoms with Crippen molar-refractivity contribution in [3.05, 3.63) is 71.0 Å². The molecule has 4 aromatic rings. The van der Waals surface area contributed by atoms with Gasteiger partial charge in [0.25, 0.3) is 0 Å². The van der Waals surface area contributed by atoms with Gasteiger partial charge in [-0.1, -0.05) is 47.5 Å². The molecule has 6 nitrogen and oxygen atoms in total. The summed E-state index contributed by atoms with van der Waals surface area (Å²) in [6.07, 6.45) is 3.60. The molecule has 30 heavy (non-hydrogen) atoms. The molecule has 0 bridgehead atoms. The normalized spacial score (nSPS) is 10.1. The molecule has 4 rings (SSSR count). The molecule has 2 aromatic heterocycles. The molecule has 0 radical (unpaired) electrons. The van der Waals surface area contributed by atoms with Gasteiger partial charge in [0.2, 0.25) is 0 Å². The number of anilines is 2. The fraction of sp³-hybridized carbons (Fsp3) is 0.100. The first-order valence-corrected chi connectivity index (χ1v) is 9.52. The second-order valence-corrected chi connectivity index (χ2v) is 7.06. The van der Waals surface area contributed by atoms with E-state index in [4.69, 9.17) is 23.2 Å². The average molecular weight is 486 g/mol. The van der Waals surface area contributed by atoms with E-state index in [-0.39, 0.29) is 24.8 Å². The summed E-state index contributed by atoms with van der Waals surface area (Å²) in [5, 5.41) is 22.4. The summed E-state index contributed by atoms with van der Waals surface area (Å²) in [6.45, 7) is 1.39. The van der Waals surface area contributed by atoms with Crippen molar-refractivity contribution < 1.29 is 0 Å². The van der Waals surface area contributed by atoms with Crippen molar-refractivity contribution >= 4 is 59.7 Å². The number of nitrogens with one attached hydrogen (secondary N) is 4. The zero-order valence-electron chi connectivity index (χ0n) is 15.7. The molecule has 0 aliphatic carbocycles. The summed E-state index contributed by atoms with van der Waals surface area (Å²) in [5.41, 5.74) is 4.10. The van der Waals surface area contributed by atoms with E-state index in [0.29, 0.717) is 23.1 Å². The third-order valence-corrected chi connectivity index (χ3v) is 4.82. The Hall–Kier alpha value is -2.38. The van der Waals surface area contributed by atoms with Crippen LogP contribution in [0.15, 0.2) is 60.9 Å². The SMILES string of the molecule is Cl.Cl.Clc1ccc(-c2cn[nH]c2NCCNc2[nH]ncc2-c2ccc(Cl)cc2)cc1. The van der Waals surface area contributed by atoms with Crippen LogP contribution in [0.5, 0.6) is 0 Å². The number of aromatic nitrogens is 4. The van der Waals surface area contributed by atoms with Crippen molar-refractivity contribution in [1.29, 1.82) is 0 Å². The number of nitrogens with zero attached hydrogens (tertiary/aromatic N) is 2. The van der Waals surface area contributed by atoms with E-state index < -0.39 is 0 Å². The highest BCUT2D eigenvalue weighted by molar-refractivity contribution is 6.30. The van der Waals surface area contributed by atoms with Crippen LogP contribution in [0.2, 0.25) is 10.0 Å². The van der Waals surface area contributed by atoms with Gasteiger partial charge in [0.1, 0.15) is 11.6 Å². The lowest BCUT2D eigenvalue weighted by atomic mass is 10.1. The van der Waals surface area contributed by atoms with Crippen LogP contribution >= 0.6 is 48.0 Å². The molecule has 2 heterocycles. The molecule has 2 aromatic carbocycles. The van der Waals surface area contributed by atoms with Gasteiger partial charge in [-0.05, 0) is 35.4 Å². The monoisotopic (exact) mass is 484 g/mol. The minimum atomic E-state index is 0. The van der Waals surface area contributed by atoms with Crippen LogP contribution in [0.4, 0.5) is 11.6 Å². The van der Waals surface area contributed by atoms with Gasteiger partial charge in [0, 0.05) is 34.3 Å². The number of benzene rings is 2. The fourth-order valence-corrected chi connectivity index (χ4v) is 3.17. The van der Waals surface area contributed by atoms with Crippen LogP contribution in [0, 0.1) is 0 Å². The fourth-order valence-electron chi connectivity index (χ4n) is 2.91. The van der Waals surface area contributed by atoms with Gasteiger partial charge in [-0.2, -0.15) is 10.2 Å². The van der Waals surface area contributed by atoms with Gasteiger partial charge in [-0.25, -0.2) is 0 Å². The van der Waals surface area contributed by atoms with Crippen molar-refractivity contribution in [1.82, 2.24) is 20.4 Å². The molecule has 0 fully saturated rings. The maximum Gasteiger partial charge on any atom is 0.129 e. The Morgan fingerprint density at radius 3 is 1.37 bits per heavy atom.